The van der Waals surface area contributed by atoms with E-state index in [0.29, 0.717) is 6.54 Å². The third-order valence-corrected chi connectivity index (χ3v) is 5.52. The van der Waals surface area contributed by atoms with Gasteiger partial charge < -0.3 is 9.30 Å². The van der Waals surface area contributed by atoms with Crippen LogP contribution in [0.1, 0.15) is 0 Å². The molecule has 24 heavy (non-hydrogen) atoms. The van der Waals surface area contributed by atoms with E-state index in [2.05, 4.69) is 9.72 Å². The van der Waals surface area contributed by atoms with Gasteiger partial charge in [-0.3, -0.25) is 0 Å². The van der Waals surface area contributed by atoms with Gasteiger partial charge >= 0.3 is 6.36 Å². The molecular weight excluding hydrogens is 347 g/mol. The van der Waals surface area contributed by atoms with E-state index in [0.717, 1.165) is 16.4 Å². The van der Waals surface area contributed by atoms with E-state index >= 15 is 0 Å². The molecule has 10 heteroatoms. The van der Waals surface area contributed by atoms with Gasteiger partial charge in [-0.1, -0.05) is 12.1 Å². The highest BCUT2D eigenvalue weighted by Crippen LogP contribution is 2.34. The number of sulfonamides is 1. The van der Waals surface area contributed by atoms with E-state index in [1.165, 1.54) is 12.1 Å². The summed E-state index contributed by atoms with van der Waals surface area (Å²) in [7, 11) is -4.03. The van der Waals surface area contributed by atoms with Crippen molar-refractivity contribution >= 4 is 10.0 Å². The molecule has 0 amide bonds. The topological polar surface area (TPSA) is 64.4 Å². The van der Waals surface area contributed by atoms with Crippen LogP contribution in [-0.2, 0) is 16.6 Å². The zero-order chi connectivity index (χ0) is 17.4. The summed E-state index contributed by atoms with van der Waals surface area (Å²) >= 11 is 0. The van der Waals surface area contributed by atoms with Gasteiger partial charge in [0.05, 0.1) is 6.33 Å². The minimum Gasteiger partial charge on any atom is -0.404 e. The number of hydrogen-bond acceptors (Lipinski definition) is 4. The summed E-state index contributed by atoms with van der Waals surface area (Å²) in [6.07, 6.45) is 0.0652. The Hall–Kier alpha value is -2.07. The first-order valence-corrected chi connectivity index (χ1v) is 8.50. The predicted molar refractivity (Wildman–Crippen MR) is 77.6 cm³/mol. The van der Waals surface area contributed by atoms with Gasteiger partial charge in [-0.05, 0) is 12.1 Å². The Morgan fingerprint density at radius 1 is 1.25 bits per heavy atom. The maximum Gasteiger partial charge on any atom is 0.573 e. The number of benzene rings is 1. The zero-order valence-corrected chi connectivity index (χ0v) is 13.2. The van der Waals surface area contributed by atoms with Crippen molar-refractivity contribution in [1.82, 2.24) is 13.9 Å². The molecule has 0 atom stereocenters. The molecule has 0 bridgehead atoms. The highest BCUT2D eigenvalue weighted by atomic mass is 32.2. The fourth-order valence-electron chi connectivity index (χ4n) is 2.54. The van der Waals surface area contributed by atoms with Gasteiger partial charge in [-0.2, -0.15) is 4.31 Å². The molecule has 0 saturated carbocycles. The average molecular weight is 361 g/mol. The Balaban J connectivity index is 1.73. The summed E-state index contributed by atoms with van der Waals surface area (Å²) in [5.74, 6) is -0.632. The number of halogens is 3. The maximum absolute atomic E-state index is 12.5. The van der Waals surface area contributed by atoms with E-state index in [9.17, 15) is 21.6 Å². The van der Waals surface area contributed by atoms with Gasteiger partial charge in [0, 0.05) is 37.9 Å². The van der Waals surface area contributed by atoms with Gasteiger partial charge in [-0.25, -0.2) is 13.4 Å². The van der Waals surface area contributed by atoms with E-state index < -0.39 is 27.0 Å². The van der Waals surface area contributed by atoms with Crippen molar-refractivity contribution < 1.29 is 26.3 Å². The summed E-state index contributed by atoms with van der Waals surface area (Å²) in [6.45, 7) is 1.08. The first-order valence-electron chi connectivity index (χ1n) is 7.06. The minimum atomic E-state index is -4.95. The molecule has 2 aromatic rings. The molecule has 1 aliphatic heterocycles. The third kappa shape index (κ3) is 3.54. The van der Waals surface area contributed by atoms with Crippen molar-refractivity contribution in [2.45, 2.75) is 17.8 Å². The van der Waals surface area contributed by atoms with Crippen molar-refractivity contribution in [2.75, 3.05) is 13.1 Å². The van der Waals surface area contributed by atoms with Crippen LogP contribution in [-0.4, -0.2) is 41.7 Å². The Morgan fingerprint density at radius 3 is 2.58 bits per heavy atom. The monoisotopic (exact) mass is 361 g/mol. The third-order valence-electron chi connectivity index (χ3n) is 3.64. The van der Waals surface area contributed by atoms with Crippen LogP contribution in [0.2, 0.25) is 0 Å². The Morgan fingerprint density at radius 2 is 1.96 bits per heavy atom. The Labute approximate surface area is 136 Å². The van der Waals surface area contributed by atoms with E-state index in [1.54, 1.807) is 18.7 Å². The molecule has 1 aliphatic rings. The standard InChI is InChI=1S/C14H14F3N3O3S/c15-14(16,17)23-12-3-1-2-4-13(12)24(21,22)20-8-11(9-20)7-19-6-5-18-10-19/h1-6,10-11H,7-9H2. The smallest absolute Gasteiger partial charge is 0.404 e. The molecule has 2 heterocycles. The van der Waals surface area contributed by atoms with Crippen molar-refractivity contribution in [3.63, 3.8) is 0 Å². The van der Waals surface area contributed by atoms with Crippen LogP contribution in [0.3, 0.4) is 0 Å². The molecule has 0 spiro atoms. The molecule has 0 radical (unpaired) electrons. The number of imidazole rings is 1. The van der Waals surface area contributed by atoms with Crippen LogP contribution in [0.25, 0.3) is 0 Å². The summed E-state index contributed by atoms with van der Waals surface area (Å²) in [5.41, 5.74) is 0. The van der Waals surface area contributed by atoms with Crippen LogP contribution in [0, 0.1) is 5.92 Å². The average Bonchev–Trinajstić information content (AvgIpc) is 2.93. The molecule has 1 aromatic carbocycles. The zero-order valence-electron chi connectivity index (χ0n) is 12.3. The number of alkyl halides is 3. The lowest BCUT2D eigenvalue weighted by Crippen LogP contribution is -2.51. The first-order chi connectivity index (χ1) is 11.3. The van der Waals surface area contributed by atoms with Crippen LogP contribution in [0.4, 0.5) is 13.2 Å². The number of ether oxygens (including phenoxy) is 1. The lowest BCUT2D eigenvalue weighted by atomic mass is 10.0. The summed E-state index contributed by atoms with van der Waals surface area (Å²) < 4.78 is 69.2. The van der Waals surface area contributed by atoms with Crippen LogP contribution in [0.15, 0.2) is 47.9 Å². The minimum absolute atomic E-state index is 0.0877. The molecule has 3 rings (SSSR count). The van der Waals surface area contributed by atoms with Gasteiger partial charge in [0.25, 0.3) is 0 Å². The van der Waals surface area contributed by atoms with E-state index in [1.807, 2.05) is 4.57 Å². The van der Waals surface area contributed by atoms with Crippen molar-refractivity contribution in [1.29, 1.82) is 0 Å². The summed E-state index contributed by atoms with van der Waals surface area (Å²) in [5, 5.41) is 0. The second kappa shape index (κ2) is 6.10. The molecular formula is C14H14F3N3O3S. The fourth-order valence-corrected chi connectivity index (χ4v) is 4.25. The molecule has 0 N–H and O–H groups in total. The molecule has 6 nitrogen and oxygen atoms in total. The predicted octanol–water partition coefficient (Wildman–Crippen LogP) is 2.10. The lowest BCUT2D eigenvalue weighted by Gasteiger charge is -2.38. The lowest BCUT2D eigenvalue weighted by molar-refractivity contribution is -0.275. The Kier molecular flexibility index (Phi) is 4.26. The van der Waals surface area contributed by atoms with Crippen molar-refractivity contribution in [3.05, 3.63) is 43.0 Å². The van der Waals surface area contributed by atoms with Gasteiger partial charge in [-0.15, -0.1) is 13.2 Å². The second-order valence-corrected chi connectivity index (χ2v) is 7.35. The molecule has 1 fully saturated rings. The summed E-state index contributed by atoms with van der Waals surface area (Å²) in [4.78, 5) is 3.42. The van der Waals surface area contributed by atoms with Gasteiger partial charge in [0.15, 0.2) is 0 Å². The number of nitrogens with zero attached hydrogens (tertiary/aromatic N) is 3. The molecule has 1 aromatic heterocycles. The highest BCUT2D eigenvalue weighted by Gasteiger charge is 2.40. The van der Waals surface area contributed by atoms with E-state index in [-0.39, 0.29) is 19.0 Å². The largest absolute Gasteiger partial charge is 0.573 e. The normalized spacial score (nSPS) is 16.8. The number of rotatable bonds is 5. The summed E-state index contributed by atoms with van der Waals surface area (Å²) in [6, 6.07) is 4.75. The fraction of sp³-hybridized carbons (Fsp3) is 0.357. The second-order valence-electron chi connectivity index (χ2n) is 5.44. The number of aromatic nitrogens is 2. The van der Waals surface area contributed by atoms with Crippen LogP contribution in [0.5, 0.6) is 5.75 Å². The van der Waals surface area contributed by atoms with Crippen LogP contribution < -0.4 is 4.74 Å². The van der Waals surface area contributed by atoms with Crippen molar-refractivity contribution in [2.24, 2.45) is 5.92 Å². The molecule has 0 aliphatic carbocycles. The molecule has 0 unspecified atom stereocenters. The quantitative estimate of drug-likeness (QED) is 0.818. The number of hydrogen-bond donors (Lipinski definition) is 0. The van der Waals surface area contributed by atoms with Gasteiger partial charge in [0.2, 0.25) is 10.0 Å². The number of para-hydroxylation sites is 1. The van der Waals surface area contributed by atoms with Crippen molar-refractivity contribution in [3.8, 4) is 5.75 Å². The Bertz CT molecular complexity index is 800. The maximum atomic E-state index is 12.5. The van der Waals surface area contributed by atoms with E-state index in [4.69, 9.17) is 0 Å². The molecule has 130 valence electrons. The molecule has 1 saturated heterocycles. The SMILES string of the molecule is O=S(=O)(c1ccccc1OC(F)(F)F)N1CC(Cn2ccnc2)C1. The van der Waals surface area contributed by atoms with Crippen LogP contribution >= 0.6 is 0 Å². The first kappa shape index (κ1) is 16.8. The highest BCUT2D eigenvalue weighted by molar-refractivity contribution is 7.89. The van der Waals surface area contributed by atoms with Gasteiger partial charge in [0.1, 0.15) is 10.6 Å².